The molecule has 2 aliphatic rings. The predicted octanol–water partition coefficient (Wildman–Crippen LogP) is 2.20. The first-order chi connectivity index (χ1) is 8.43. The number of rotatable bonds is 2. The molecule has 0 amide bonds. The summed E-state index contributed by atoms with van der Waals surface area (Å²) in [6.07, 6.45) is 6.25. The van der Waals surface area contributed by atoms with Gasteiger partial charge in [-0.1, -0.05) is 24.4 Å². The van der Waals surface area contributed by atoms with E-state index in [9.17, 15) is 0 Å². The molecule has 3 rings (SSSR count). The molecule has 102 valence electrons. The van der Waals surface area contributed by atoms with Crippen molar-refractivity contribution >= 4 is 12.4 Å². The SMILES string of the molecule is C1CCC(c2noc([C@@H]3CNCCO3)n2)CC1.Cl. The van der Waals surface area contributed by atoms with Crippen molar-refractivity contribution in [3.63, 3.8) is 0 Å². The molecule has 0 unspecified atom stereocenters. The molecule has 1 aromatic rings. The monoisotopic (exact) mass is 273 g/mol. The van der Waals surface area contributed by atoms with Crippen molar-refractivity contribution in [2.24, 2.45) is 0 Å². The fourth-order valence-electron chi connectivity index (χ4n) is 2.63. The van der Waals surface area contributed by atoms with Crippen LogP contribution in [0.5, 0.6) is 0 Å². The molecule has 1 saturated heterocycles. The molecule has 6 heteroatoms. The lowest BCUT2D eigenvalue weighted by Crippen LogP contribution is -2.33. The van der Waals surface area contributed by atoms with Gasteiger partial charge in [0, 0.05) is 19.0 Å². The van der Waals surface area contributed by atoms with E-state index in [4.69, 9.17) is 9.26 Å². The predicted molar refractivity (Wildman–Crippen MR) is 68.9 cm³/mol. The number of morpholine rings is 1. The van der Waals surface area contributed by atoms with Crippen molar-refractivity contribution < 1.29 is 9.26 Å². The van der Waals surface area contributed by atoms with Crippen LogP contribution in [-0.4, -0.2) is 29.8 Å². The topological polar surface area (TPSA) is 60.2 Å². The van der Waals surface area contributed by atoms with Crippen LogP contribution >= 0.6 is 12.4 Å². The highest BCUT2D eigenvalue weighted by Crippen LogP contribution is 2.31. The molecule has 0 bridgehead atoms. The second-order valence-electron chi connectivity index (χ2n) is 4.89. The Balaban J connectivity index is 0.00000120. The van der Waals surface area contributed by atoms with Crippen molar-refractivity contribution in [2.45, 2.75) is 44.1 Å². The molecular formula is C12H20ClN3O2. The minimum absolute atomic E-state index is 0. The first kappa shape index (κ1) is 13.8. The van der Waals surface area contributed by atoms with Gasteiger partial charge < -0.3 is 14.6 Å². The van der Waals surface area contributed by atoms with Crippen molar-refractivity contribution in [3.05, 3.63) is 11.7 Å². The van der Waals surface area contributed by atoms with Crippen LogP contribution in [0.4, 0.5) is 0 Å². The van der Waals surface area contributed by atoms with Crippen molar-refractivity contribution in [3.8, 4) is 0 Å². The molecule has 1 saturated carbocycles. The largest absolute Gasteiger partial charge is 0.366 e. The highest BCUT2D eigenvalue weighted by molar-refractivity contribution is 5.85. The quantitative estimate of drug-likeness (QED) is 0.895. The maximum Gasteiger partial charge on any atom is 0.257 e. The number of nitrogens with one attached hydrogen (secondary N) is 1. The normalized spacial score (nSPS) is 25.7. The van der Waals surface area contributed by atoms with Gasteiger partial charge in [0.05, 0.1) is 6.61 Å². The van der Waals surface area contributed by atoms with E-state index in [0.29, 0.717) is 18.4 Å². The molecule has 5 nitrogen and oxygen atoms in total. The number of hydrogen-bond acceptors (Lipinski definition) is 5. The highest BCUT2D eigenvalue weighted by Gasteiger charge is 2.25. The number of aromatic nitrogens is 2. The summed E-state index contributed by atoms with van der Waals surface area (Å²) in [4.78, 5) is 4.51. The van der Waals surface area contributed by atoms with Crippen LogP contribution in [0.25, 0.3) is 0 Å². The Morgan fingerprint density at radius 3 is 2.72 bits per heavy atom. The van der Waals surface area contributed by atoms with E-state index < -0.39 is 0 Å². The zero-order chi connectivity index (χ0) is 11.5. The van der Waals surface area contributed by atoms with Gasteiger partial charge in [-0.15, -0.1) is 12.4 Å². The maximum atomic E-state index is 5.61. The van der Waals surface area contributed by atoms with Gasteiger partial charge in [-0.3, -0.25) is 0 Å². The summed E-state index contributed by atoms with van der Waals surface area (Å²) >= 11 is 0. The second-order valence-corrected chi connectivity index (χ2v) is 4.89. The molecular weight excluding hydrogens is 254 g/mol. The lowest BCUT2D eigenvalue weighted by Gasteiger charge is -2.20. The third-order valence-corrected chi connectivity index (χ3v) is 3.63. The lowest BCUT2D eigenvalue weighted by molar-refractivity contribution is 0.00755. The Bertz CT molecular complexity index is 327. The van der Waals surface area contributed by atoms with Crippen LogP contribution in [0.15, 0.2) is 4.52 Å². The van der Waals surface area contributed by atoms with Gasteiger partial charge in [0.2, 0.25) is 0 Å². The zero-order valence-electron chi connectivity index (χ0n) is 10.4. The van der Waals surface area contributed by atoms with Gasteiger partial charge >= 0.3 is 0 Å². The van der Waals surface area contributed by atoms with E-state index in [1.165, 1.54) is 32.1 Å². The minimum atomic E-state index is -0.0615. The van der Waals surface area contributed by atoms with Crippen LogP contribution in [-0.2, 0) is 4.74 Å². The molecule has 1 aliphatic carbocycles. The fraction of sp³-hybridized carbons (Fsp3) is 0.833. The smallest absolute Gasteiger partial charge is 0.257 e. The molecule has 18 heavy (non-hydrogen) atoms. The molecule has 2 heterocycles. The summed E-state index contributed by atoms with van der Waals surface area (Å²) in [5.41, 5.74) is 0. The summed E-state index contributed by atoms with van der Waals surface area (Å²) in [5, 5.41) is 7.39. The standard InChI is InChI=1S/C12H19N3O2.ClH/c1-2-4-9(5-3-1)11-14-12(17-15-11)10-8-13-6-7-16-10;/h9-10,13H,1-8H2;1H/t10-;/m0./s1. The summed E-state index contributed by atoms with van der Waals surface area (Å²) in [5.74, 6) is 2.02. The third kappa shape index (κ3) is 3.02. The molecule has 1 atom stereocenters. The number of halogens is 1. The van der Waals surface area contributed by atoms with E-state index in [1.807, 2.05) is 0 Å². The minimum Gasteiger partial charge on any atom is -0.366 e. The lowest BCUT2D eigenvalue weighted by atomic mass is 9.89. The Labute approximate surface area is 113 Å². The van der Waals surface area contributed by atoms with E-state index in [1.54, 1.807) is 0 Å². The van der Waals surface area contributed by atoms with Gasteiger partial charge in [-0.2, -0.15) is 4.98 Å². The Kier molecular flexibility index (Phi) is 4.97. The summed E-state index contributed by atoms with van der Waals surface area (Å²) in [6.45, 7) is 2.39. The summed E-state index contributed by atoms with van der Waals surface area (Å²) in [6, 6.07) is 0. The van der Waals surface area contributed by atoms with Crippen molar-refractivity contribution in [1.82, 2.24) is 15.5 Å². The van der Waals surface area contributed by atoms with E-state index in [0.717, 1.165) is 18.9 Å². The van der Waals surface area contributed by atoms with Crippen LogP contribution < -0.4 is 5.32 Å². The van der Waals surface area contributed by atoms with E-state index in [-0.39, 0.29) is 18.5 Å². The van der Waals surface area contributed by atoms with Gasteiger partial charge in [0.1, 0.15) is 6.10 Å². The highest BCUT2D eigenvalue weighted by atomic mass is 35.5. The molecule has 2 fully saturated rings. The molecule has 1 aliphatic heterocycles. The van der Waals surface area contributed by atoms with Gasteiger partial charge in [-0.25, -0.2) is 0 Å². The van der Waals surface area contributed by atoms with Gasteiger partial charge in [0.15, 0.2) is 5.82 Å². The molecule has 0 aromatic carbocycles. The molecule has 1 aromatic heterocycles. The maximum absolute atomic E-state index is 5.61. The van der Waals surface area contributed by atoms with Gasteiger partial charge in [0.25, 0.3) is 5.89 Å². The third-order valence-electron chi connectivity index (χ3n) is 3.63. The molecule has 1 N–H and O–H groups in total. The summed E-state index contributed by atoms with van der Waals surface area (Å²) < 4.78 is 10.9. The van der Waals surface area contributed by atoms with E-state index in [2.05, 4.69) is 15.5 Å². The Morgan fingerprint density at radius 1 is 1.17 bits per heavy atom. The second kappa shape index (κ2) is 6.50. The average Bonchev–Trinajstić information content (AvgIpc) is 2.90. The molecule has 0 spiro atoms. The summed E-state index contributed by atoms with van der Waals surface area (Å²) in [7, 11) is 0. The first-order valence-corrected chi connectivity index (χ1v) is 6.59. The number of ether oxygens (including phenoxy) is 1. The zero-order valence-corrected chi connectivity index (χ0v) is 11.2. The van der Waals surface area contributed by atoms with Crippen molar-refractivity contribution in [1.29, 1.82) is 0 Å². The average molecular weight is 274 g/mol. The van der Waals surface area contributed by atoms with Gasteiger partial charge in [-0.05, 0) is 12.8 Å². The van der Waals surface area contributed by atoms with Crippen LogP contribution in [0.1, 0.15) is 55.8 Å². The van der Waals surface area contributed by atoms with Crippen LogP contribution in [0.2, 0.25) is 0 Å². The first-order valence-electron chi connectivity index (χ1n) is 6.59. The van der Waals surface area contributed by atoms with Crippen LogP contribution in [0.3, 0.4) is 0 Å². The van der Waals surface area contributed by atoms with Crippen LogP contribution in [0, 0.1) is 0 Å². The molecule has 0 radical (unpaired) electrons. The Morgan fingerprint density at radius 2 is 2.00 bits per heavy atom. The fourth-order valence-corrected chi connectivity index (χ4v) is 2.63. The number of hydrogen-bond donors (Lipinski definition) is 1. The van der Waals surface area contributed by atoms with Crippen molar-refractivity contribution in [2.75, 3.05) is 19.7 Å². The number of nitrogens with zero attached hydrogens (tertiary/aromatic N) is 2. The van der Waals surface area contributed by atoms with E-state index >= 15 is 0 Å². The Hall–Kier alpha value is -0.650.